The van der Waals surface area contributed by atoms with Gasteiger partial charge in [-0.1, -0.05) is 73.7 Å². The quantitative estimate of drug-likeness (QED) is 0.300. The topological polar surface area (TPSA) is 0 Å². The lowest BCUT2D eigenvalue weighted by molar-refractivity contribution is 0.834. The SMILES string of the molecule is [B]C1(C)c2ccccc2-c2cccc3cc4ccccc4c1c23. The molecule has 0 heterocycles. The Hall–Kier alpha value is -2.54. The van der Waals surface area contributed by atoms with Gasteiger partial charge in [-0.25, -0.2) is 0 Å². The first kappa shape index (κ1) is 13.0. The molecule has 0 aliphatic heterocycles. The van der Waals surface area contributed by atoms with Crippen molar-refractivity contribution >= 4 is 29.4 Å². The first-order valence-electron chi connectivity index (χ1n) is 8.01. The molecule has 106 valence electrons. The predicted molar refractivity (Wildman–Crippen MR) is 99.1 cm³/mol. The third-order valence-corrected chi connectivity index (χ3v) is 5.18. The summed E-state index contributed by atoms with van der Waals surface area (Å²) in [5.41, 5.74) is 5.00. The van der Waals surface area contributed by atoms with Gasteiger partial charge in [0.05, 0.1) is 7.85 Å². The Morgan fingerprint density at radius 2 is 1.43 bits per heavy atom. The minimum Gasteiger partial charge on any atom is -0.0619 e. The van der Waals surface area contributed by atoms with E-state index in [1.54, 1.807) is 0 Å². The van der Waals surface area contributed by atoms with E-state index in [0.717, 1.165) is 0 Å². The van der Waals surface area contributed by atoms with Crippen LogP contribution in [0.1, 0.15) is 18.1 Å². The van der Waals surface area contributed by atoms with Crippen molar-refractivity contribution in [2.24, 2.45) is 0 Å². The minimum absolute atomic E-state index is 0.496. The molecule has 2 radical (unpaired) electrons. The summed E-state index contributed by atoms with van der Waals surface area (Å²) in [6, 6.07) is 25.9. The zero-order chi connectivity index (χ0) is 15.6. The maximum Gasteiger partial charge on any atom is 0.0872 e. The Bertz CT molecular complexity index is 1090. The summed E-state index contributed by atoms with van der Waals surface area (Å²) in [6.07, 6.45) is 0. The minimum atomic E-state index is -0.496. The normalized spacial score (nSPS) is 19.0. The van der Waals surface area contributed by atoms with E-state index in [1.165, 1.54) is 43.8 Å². The first-order valence-corrected chi connectivity index (χ1v) is 8.01. The highest BCUT2D eigenvalue weighted by atomic mass is 14.3. The molecule has 0 nitrogen and oxygen atoms in total. The van der Waals surface area contributed by atoms with Gasteiger partial charge in [0.1, 0.15) is 0 Å². The molecule has 0 bridgehead atoms. The average molecular weight is 290 g/mol. The predicted octanol–water partition coefficient (Wildman–Crippen LogP) is 5.41. The van der Waals surface area contributed by atoms with Crippen molar-refractivity contribution in [3.05, 3.63) is 83.9 Å². The zero-order valence-corrected chi connectivity index (χ0v) is 13.0. The van der Waals surface area contributed by atoms with Gasteiger partial charge < -0.3 is 0 Å². The maximum absolute atomic E-state index is 6.93. The fourth-order valence-electron chi connectivity index (χ4n) is 4.19. The van der Waals surface area contributed by atoms with Crippen LogP contribution in [0.15, 0.2) is 72.8 Å². The van der Waals surface area contributed by atoms with Crippen LogP contribution in [0, 0.1) is 0 Å². The highest BCUT2D eigenvalue weighted by Crippen LogP contribution is 2.49. The fraction of sp³-hybridized carbons (Fsp3) is 0.0909. The van der Waals surface area contributed by atoms with Crippen LogP contribution in [0.2, 0.25) is 0 Å². The lowest BCUT2D eigenvalue weighted by Gasteiger charge is -2.36. The molecule has 1 unspecified atom stereocenters. The molecule has 23 heavy (non-hydrogen) atoms. The van der Waals surface area contributed by atoms with Crippen molar-refractivity contribution in [1.29, 1.82) is 0 Å². The van der Waals surface area contributed by atoms with Crippen molar-refractivity contribution in [2.45, 2.75) is 12.2 Å². The van der Waals surface area contributed by atoms with E-state index in [-0.39, 0.29) is 0 Å². The van der Waals surface area contributed by atoms with E-state index < -0.39 is 5.31 Å². The van der Waals surface area contributed by atoms with Gasteiger partial charge in [-0.2, -0.15) is 0 Å². The molecule has 1 atom stereocenters. The summed E-state index contributed by atoms with van der Waals surface area (Å²) in [4.78, 5) is 0. The third kappa shape index (κ3) is 1.57. The summed E-state index contributed by atoms with van der Waals surface area (Å²) < 4.78 is 0. The van der Waals surface area contributed by atoms with Gasteiger partial charge in [0.2, 0.25) is 0 Å². The molecule has 1 aliphatic rings. The van der Waals surface area contributed by atoms with Gasteiger partial charge >= 0.3 is 0 Å². The van der Waals surface area contributed by atoms with Crippen LogP contribution in [-0.4, -0.2) is 7.85 Å². The number of rotatable bonds is 0. The fourth-order valence-corrected chi connectivity index (χ4v) is 4.19. The number of benzene rings is 4. The number of hydrogen-bond donors (Lipinski definition) is 0. The van der Waals surface area contributed by atoms with Crippen molar-refractivity contribution < 1.29 is 0 Å². The summed E-state index contributed by atoms with van der Waals surface area (Å²) in [5, 5.41) is 4.58. The van der Waals surface area contributed by atoms with Crippen molar-refractivity contribution in [1.82, 2.24) is 0 Å². The van der Waals surface area contributed by atoms with E-state index >= 15 is 0 Å². The molecule has 1 aliphatic carbocycles. The number of fused-ring (bicyclic) bond motifs is 4. The highest BCUT2D eigenvalue weighted by Gasteiger charge is 2.33. The van der Waals surface area contributed by atoms with E-state index in [1.807, 2.05) is 0 Å². The Morgan fingerprint density at radius 3 is 2.35 bits per heavy atom. The molecule has 4 aromatic rings. The van der Waals surface area contributed by atoms with Crippen LogP contribution in [0.5, 0.6) is 0 Å². The van der Waals surface area contributed by atoms with Crippen LogP contribution >= 0.6 is 0 Å². The summed E-state index contributed by atoms with van der Waals surface area (Å²) in [7, 11) is 6.93. The third-order valence-electron chi connectivity index (χ3n) is 5.18. The van der Waals surface area contributed by atoms with E-state index in [9.17, 15) is 0 Å². The molecule has 5 rings (SSSR count). The summed E-state index contributed by atoms with van der Waals surface area (Å²) in [6.45, 7) is 2.14. The molecule has 0 amide bonds. The Kier molecular flexibility index (Phi) is 2.40. The second-order valence-corrected chi connectivity index (χ2v) is 6.62. The largest absolute Gasteiger partial charge is 0.0872 e. The Morgan fingerprint density at radius 1 is 0.739 bits per heavy atom. The average Bonchev–Trinajstić information content (AvgIpc) is 2.58. The van der Waals surface area contributed by atoms with E-state index in [4.69, 9.17) is 7.85 Å². The molecular formula is C22H15B. The smallest absolute Gasteiger partial charge is 0.0619 e. The van der Waals surface area contributed by atoms with Crippen LogP contribution in [0.4, 0.5) is 0 Å². The van der Waals surface area contributed by atoms with Crippen molar-refractivity contribution in [3.63, 3.8) is 0 Å². The molecule has 4 aromatic carbocycles. The molecule has 0 fully saturated rings. The van der Waals surface area contributed by atoms with Gasteiger partial charge in [0.25, 0.3) is 0 Å². The lowest BCUT2D eigenvalue weighted by Crippen LogP contribution is -2.28. The van der Waals surface area contributed by atoms with E-state index in [2.05, 4.69) is 79.7 Å². The van der Waals surface area contributed by atoms with Crippen LogP contribution in [-0.2, 0) is 5.31 Å². The van der Waals surface area contributed by atoms with Gasteiger partial charge in [0, 0.05) is 0 Å². The summed E-state index contributed by atoms with van der Waals surface area (Å²) >= 11 is 0. The zero-order valence-electron chi connectivity index (χ0n) is 13.0. The van der Waals surface area contributed by atoms with Crippen LogP contribution in [0.25, 0.3) is 32.7 Å². The van der Waals surface area contributed by atoms with Gasteiger partial charge in [0.15, 0.2) is 0 Å². The Balaban J connectivity index is 2.12. The standard InChI is InChI=1S/C22H15B/c1-22(23)19-12-5-4-10-17(19)18-11-6-8-15-13-14-7-2-3-9-16(14)21(22)20(15)18/h2-13H,1H3. The van der Waals surface area contributed by atoms with Gasteiger partial charge in [-0.15, -0.1) is 0 Å². The van der Waals surface area contributed by atoms with Crippen molar-refractivity contribution in [2.75, 3.05) is 0 Å². The molecule has 0 N–H and O–H groups in total. The van der Waals surface area contributed by atoms with Gasteiger partial charge in [-0.3, -0.25) is 0 Å². The van der Waals surface area contributed by atoms with Crippen LogP contribution < -0.4 is 0 Å². The second kappa shape index (κ2) is 4.26. The Labute approximate surface area is 137 Å². The van der Waals surface area contributed by atoms with E-state index in [0.29, 0.717) is 0 Å². The van der Waals surface area contributed by atoms with Gasteiger partial charge in [-0.05, 0) is 55.2 Å². The summed E-state index contributed by atoms with van der Waals surface area (Å²) in [5.74, 6) is 0. The first-order chi connectivity index (χ1) is 11.2. The second-order valence-electron chi connectivity index (χ2n) is 6.62. The monoisotopic (exact) mass is 290 g/mol. The molecule has 0 saturated heterocycles. The molecule has 0 saturated carbocycles. The highest BCUT2D eigenvalue weighted by molar-refractivity contribution is 6.25. The molecular weight excluding hydrogens is 275 g/mol. The molecule has 0 aromatic heterocycles. The maximum atomic E-state index is 6.93. The lowest BCUT2D eigenvalue weighted by atomic mass is 9.55. The van der Waals surface area contributed by atoms with Crippen molar-refractivity contribution in [3.8, 4) is 11.1 Å². The molecule has 0 spiro atoms. The van der Waals surface area contributed by atoms with Crippen LogP contribution in [0.3, 0.4) is 0 Å². The molecule has 1 heteroatoms. The number of hydrogen-bond acceptors (Lipinski definition) is 0.